The fourth-order valence-electron chi connectivity index (χ4n) is 3.34. The van der Waals surface area contributed by atoms with Gasteiger partial charge in [0.05, 0.1) is 0 Å². The molecule has 0 spiro atoms. The summed E-state index contributed by atoms with van der Waals surface area (Å²) < 4.78 is 0. The average molecular weight is 239 g/mol. The SMILES string of the molecule is CC1CN(C)CCCN1CC1(C)CCNCC1. The van der Waals surface area contributed by atoms with Crippen LogP contribution in [0.5, 0.6) is 0 Å². The third kappa shape index (κ3) is 3.67. The van der Waals surface area contributed by atoms with Crippen molar-refractivity contribution in [2.45, 2.75) is 39.2 Å². The first-order valence-electron chi connectivity index (χ1n) is 7.22. The predicted octanol–water partition coefficient (Wildman–Crippen LogP) is 1.40. The molecule has 1 atom stereocenters. The van der Waals surface area contributed by atoms with Crippen molar-refractivity contribution in [1.82, 2.24) is 15.1 Å². The first kappa shape index (κ1) is 13.3. The van der Waals surface area contributed by atoms with Gasteiger partial charge in [-0.05, 0) is 64.8 Å². The number of nitrogens with zero attached hydrogens (tertiary/aromatic N) is 2. The highest BCUT2D eigenvalue weighted by molar-refractivity contribution is 4.86. The van der Waals surface area contributed by atoms with Crippen LogP contribution in [0.15, 0.2) is 0 Å². The minimum atomic E-state index is 0.544. The molecule has 1 unspecified atom stereocenters. The van der Waals surface area contributed by atoms with E-state index < -0.39 is 0 Å². The minimum Gasteiger partial charge on any atom is -0.317 e. The van der Waals surface area contributed by atoms with Crippen molar-refractivity contribution < 1.29 is 0 Å². The molecule has 3 heteroatoms. The third-order valence-electron chi connectivity index (χ3n) is 4.58. The van der Waals surface area contributed by atoms with Crippen molar-refractivity contribution in [3.05, 3.63) is 0 Å². The molecule has 17 heavy (non-hydrogen) atoms. The van der Waals surface area contributed by atoms with Gasteiger partial charge in [-0.2, -0.15) is 0 Å². The number of piperidine rings is 1. The highest BCUT2D eigenvalue weighted by Gasteiger charge is 2.31. The van der Waals surface area contributed by atoms with Gasteiger partial charge in [0.1, 0.15) is 0 Å². The Hall–Kier alpha value is -0.120. The molecule has 100 valence electrons. The van der Waals surface area contributed by atoms with Gasteiger partial charge in [0.2, 0.25) is 0 Å². The zero-order chi connectivity index (χ0) is 12.3. The van der Waals surface area contributed by atoms with Crippen molar-refractivity contribution in [3.8, 4) is 0 Å². The Morgan fingerprint density at radius 1 is 1.24 bits per heavy atom. The average Bonchev–Trinajstić information content (AvgIpc) is 2.42. The first-order chi connectivity index (χ1) is 8.09. The number of nitrogens with one attached hydrogen (secondary N) is 1. The highest BCUT2D eigenvalue weighted by Crippen LogP contribution is 2.30. The molecule has 0 amide bonds. The van der Waals surface area contributed by atoms with Gasteiger partial charge in [0.25, 0.3) is 0 Å². The van der Waals surface area contributed by atoms with Gasteiger partial charge in [-0.25, -0.2) is 0 Å². The Labute approximate surface area is 107 Å². The predicted molar refractivity (Wildman–Crippen MR) is 73.4 cm³/mol. The normalized spacial score (nSPS) is 32.3. The monoisotopic (exact) mass is 239 g/mol. The lowest BCUT2D eigenvalue weighted by molar-refractivity contribution is 0.100. The van der Waals surface area contributed by atoms with E-state index >= 15 is 0 Å². The molecule has 1 N–H and O–H groups in total. The standard InChI is InChI=1S/C14H29N3/c1-13-11-16(3)9-4-10-17(13)12-14(2)5-7-15-8-6-14/h13,15H,4-12H2,1-3H3. The summed E-state index contributed by atoms with van der Waals surface area (Å²) in [7, 11) is 2.26. The lowest BCUT2D eigenvalue weighted by Gasteiger charge is -2.40. The Morgan fingerprint density at radius 3 is 2.65 bits per heavy atom. The fraction of sp³-hybridized carbons (Fsp3) is 1.00. The van der Waals surface area contributed by atoms with Crippen LogP contribution >= 0.6 is 0 Å². The molecule has 2 saturated heterocycles. The summed E-state index contributed by atoms with van der Waals surface area (Å²) >= 11 is 0. The molecule has 2 heterocycles. The van der Waals surface area contributed by atoms with Crippen LogP contribution in [0.25, 0.3) is 0 Å². The van der Waals surface area contributed by atoms with Gasteiger partial charge < -0.3 is 10.2 Å². The van der Waals surface area contributed by atoms with Crippen LogP contribution in [0.1, 0.15) is 33.1 Å². The van der Waals surface area contributed by atoms with Crippen LogP contribution in [-0.4, -0.2) is 62.2 Å². The molecule has 3 nitrogen and oxygen atoms in total. The van der Waals surface area contributed by atoms with Gasteiger partial charge in [0, 0.05) is 19.1 Å². The quantitative estimate of drug-likeness (QED) is 0.786. The topological polar surface area (TPSA) is 18.5 Å². The number of rotatable bonds is 2. The molecule has 2 fully saturated rings. The third-order valence-corrected chi connectivity index (χ3v) is 4.58. The fourth-order valence-corrected chi connectivity index (χ4v) is 3.34. The van der Waals surface area contributed by atoms with E-state index in [0.717, 1.165) is 0 Å². The van der Waals surface area contributed by atoms with Crippen LogP contribution in [0.2, 0.25) is 0 Å². The molecule has 2 aliphatic rings. The van der Waals surface area contributed by atoms with E-state index in [2.05, 4.69) is 36.0 Å². The van der Waals surface area contributed by atoms with Gasteiger partial charge >= 0.3 is 0 Å². The summed E-state index contributed by atoms with van der Waals surface area (Å²) in [6.45, 7) is 12.4. The second-order valence-electron chi connectivity index (χ2n) is 6.50. The second kappa shape index (κ2) is 5.68. The molecule has 0 radical (unpaired) electrons. The second-order valence-corrected chi connectivity index (χ2v) is 6.50. The first-order valence-corrected chi connectivity index (χ1v) is 7.22. The van der Waals surface area contributed by atoms with Crippen LogP contribution in [0.3, 0.4) is 0 Å². The Morgan fingerprint density at radius 2 is 1.94 bits per heavy atom. The smallest absolute Gasteiger partial charge is 0.0195 e. The largest absolute Gasteiger partial charge is 0.317 e. The molecular weight excluding hydrogens is 210 g/mol. The molecule has 0 aliphatic carbocycles. The van der Waals surface area contributed by atoms with Gasteiger partial charge in [-0.3, -0.25) is 4.90 Å². The molecule has 2 rings (SSSR count). The summed E-state index contributed by atoms with van der Waals surface area (Å²) in [5.74, 6) is 0. The van der Waals surface area contributed by atoms with E-state index in [1.54, 1.807) is 0 Å². The summed E-state index contributed by atoms with van der Waals surface area (Å²) in [5.41, 5.74) is 0.544. The van der Waals surface area contributed by atoms with E-state index in [0.29, 0.717) is 11.5 Å². The van der Waals surface area contributed by atoms with Crippen LogP contribution in [0, 0.1) is 5.41 Å². The van der Waals surface area contributed by atoms with E-state index in [1.165, 1.54) is 58.5 Å². The molecular formula is C14H29N3. The van der Waals surface area contributed by atoms with E-state index in [1.807, 2.05) is 0 Å². The van der Waals surface area contributed by atoms with Gasteiger partial charge in [-0.1, -0.05) is 6.92 Å². The van der Waals surface area contributed by atoms with Crippen molar-refractivity contribution in [3.63, 3.8) is 0 Å². The molecule has 0 aromatic heterocycles. The van der Waals surface area contributed by atoms with Crippen LogP contribution in [0.4, 0.5) is 0 Å². The summed E-state index contributed by atoms with van der Waals surface area (Å²) in [4.78, 5) is 5.21. The number of likely N-dealkylation sites (N-methyl/N-ethyl adjacent to an activating group) is 1. The minimum absolute atomic E-state index is 0.544. The van der Waals surface area contributed by atoms with Crippen molar-refractivity contribution in [2.24, 2.45) is 5.41 Å². The zero-order valence-electron chi connectivity index (χ0n) is 11.8. The maximum absolute atomic E-state index is 3.48. The van der Waals surface area contributed by atoms with Crippen molar-refractivity contribution in [1.29, 1.82) is 0 Å². The van der Waals surface area contributed by atoms with Crippen molar-refractivity contribution >= 4 is 0 Å². The number of hydrogen-bond acceptors (Lipinski definition) is 3. The van der Waals surface area contributed by atoms with Crippen LogP contribution < -0.4 is 5.32 Å². The van der Waals surface area contributed by atoms with Gasteiger partial charge in [-0.15, -0.1) is 0 Å². The summed E-state index contributed by atoms with van der Waals surface area (Å²) in [6, 6.07) is 0.717. The molecule has 0 aromatic rings. The summed E-state index contributed by atoms with van der Waals surface area (Å²) in [6.07, 6.45) is 4.01. The van der Waals surface area contributed by atoms with Crippen LogP contribution in [-0.2, 0) is 0 Å². The molecule has 0 aromatic carbocycles. The molecule has 0 bridgehead atoms. The maximum atomic E-state index is 3.48. The summed E-state index contributed by atoms with van der Waals surface area (Å²) in [5, 5.41) is 3.48. The number of hydrogen-bond donors (Lipinski definition) is 1. The van der Waals surface area contributed by atoms with E-state index in [-0.39, 0.29) is 0 Å². The molecule has 2 aliphatic heterocycles. The Bertz CT molecular complexity index is 236. The lowest BCUT2D eigenvalue weighted by atomic mass is 9.80. The maximum Gasteiger partial charge on any atom is 0.0195 e. The Balaban J connectivity index is 1.92. The van der Waals surface area contributed by atoms with Crippen molar-refractivity contribution in [2.75, 3.05) is 46.3 Å². The Kier molecular flexibility index (Phi) is 4.45. The van der Waals surface area contributed by atoms with Gasteiger partial charge in [0.15, 0.2) is 0 Å². The van der Waals surface area contributed by atoms with E-state index in [9.17, 15) is 0 Å². The lowest BCUT2D eigenvalue weighted by Crippen LogP contribution is -2.47. The molecule has 0 saturated carbocycles. The van der Waals surface area contributed by atoms with E-state index in [4.69, 9.17) is 0 Å². The zero-order valence-corrected chi connectivity index (χ0v) is 11.8. The highest BCUT2D eigenvalue weighted by atomic mass is 15.2.